The van der Waals surface area contributed by atoms with E-state index in [0.29, 0.717) is 0 Å². The van der Waals surface area contributed by atoms with Gasteiger partial charge in [-0.15, -0.1) is 23.5 Å². The van der Waals surface area contributed by atoms with Crippen molar-refractivity contribution in [2.45, 2.75) is 108 Å². The normalized spacial score (nSPS) is 34.7. The number of aliphatic hydroxyl groups is 2. The Morgan fingerprint density at radius 1 is 0.633 bits per heavy atom. The number of rotatable bonds is 10. The monoisotopic (exact) mass is 890 g/mol. The summed E-state index contributed by atoms with van der Waals surface area (Å²) in [6.45, 7) is 0. The summed E-state index contributed by atoms with van der Waals surface area (Å²) in [7, 11) is 1.46. The number of ether oxygens (including phenoxy) is 4. The van der Waals surface area contributed by atoms with E-state index in [1.54, 1.807) is 0 Å². The third kappa shape index (κ3) is 6.19. The van der Waals surface area contributed by atoms with E-state index in [-0.39, 0.29) is 38.5 Å². The maximum absolute atomic E-state index is 15.3. The number of methoxy groups -OCH3 is 2. The highest BCUT2D eigenvalue weighted by Crippen LogP contribution is 2.62. The fraction of sp³-hybridized carbons (Fsp3) is 0.600. The quantitative estimate of drug-likeness (QED) is 0.247. The smallest absolute Gasteiger partial charge is 0.432 e. The number of hydrogen-bond donors (Lipinski definition) is 2. The van der Waals surface area contributed by atoms with Crippen LogP contribution in [0.25, 0.3) is 0 Å². The van der Waals surface area contributed by atoms with Crippen LogP contribution >= 0.6 is 23.5 Å². The number of nitrogens with zero attached hydrogens (tertiary/aromatic N) is 2. The van der Waals surface area contributed by atoms with Crippen LogP contribution in [0.4, 0.5) is 26.3 Å². The van der Waals surface area contributed by atoms with Crippen molar-refractivity contribution in [3.63, 3.8) is 0 Å². The van der Waals surface area contributed by atoms with Gasteiger partial charge in [-0.1, -0.05) is 60.7 Å². The largest absolute Gasteiger partial charge is 0.459 e. The average molecular weight is 891 g/mol. The van der Waals surface area contributed by atoms with Crippen LogP contribution in [0, 0.1) is 11.8 Å². The number of hydrogen-bond acceptors (Lipinski definition) is 12. The van der Waals surface area contributed by atoms with E-state index >= 15 is 9.59 Å². The summed E-state index contributed by atoms with van der Waals surface area (Å²) in [6.07, 6.45) is -13.8. The zero-order valence-electron chi connectivity index (χ0n) is 32.8. The summed E-state index contributed by atoms with van der Waals surface area (Å²) in [5.74, 6) is -7.03. The predicted molar refractivity (Wildman–Crippen MR) is 203 cm³/mol. The third-order valence-corrected chi connectivity index (χ3v) is 15.6. The first-order chi connectivity index (χ1) is 28.3. The lowest BCUT2D eigenvalue weighted by molar-refractivity contribution is -0.280. The second-order valence-corrected chi connectivity index (χ2v) is 17.9. The zero-order valence-corrected chi connectivity index (χ0v) is 34.4. The molecule has 0 bridgehead atoms. The first kappa shape index (κ1) is 44.5. The van der Waals surface area contributed by atoms with Gasteiger partial charge >= 0.3 is 24.3 Å². The van der Waals surface area contributed by atoms with E-state index in [0.717, 1.165) is 62.0 Å². The molecule has 2 N–H and O–H groups in total. The summed E-state index contributed by atoms with van der Waals surface area (Å²) in [5.41, 5.74) is -8.14. The van der Waals surface area contributed by atoms with Gasteiger partial charge in [-0.05, 0) is 51.0 Å². The number of piperazine rings is 1. The van der Waals surface area contributed by atoms with Gasteiger partial charge in [0.15, 0.2) is 9.74 Å². The SMILES string of the molecule is CO[C@@](C(=O)O[C@H]1CC[C@H](O)[C@@H]2[C@@H]1C[C@@]1(SC)C(=O)N3[C@H]4[C@H](C[C@@]3(SC)C(=O)N21)[C@@H](OC(=O)[C@](OC)(c1ccccc1)C(F)(F)F)CC[C@@H]4O)(c1ccccc1)C(F)(F)F. The first-order valence-electron chi connectivity index (χ1n) is 19.2. The number of aliphatic hydroxyl groups excluding tert-OH is 2. The van der Waals surface area contributed by atoms with Gasteiger partial charge in [-0.25, -0.2) is 9.59 Å². The molecule has 12 nitrogen and oxygen atoms in total. The van der Waals surface area contributed by atoms with Gasteiger partial charge in [0.25, 0.3) is 23.0 Å². The Morgan fingerprint density at radius 3 is 1.25 bits per heavy atom. The number of thioether (sulfide) groups is 2. The minimum absolute atomic E-state index is 0.112. The molecule has 12 atom stereocenters. The summed E-state index contributed by atoms with van der Waals surface area (Å²) >= 11 is 1.86. The van der Waals surface area contributed by atoms with Crippen molar-refractivity contribution in [2.75, 3.05) is 26.7 Å². The van der Waals surface area contributed by atoms with E-state index in [9.17, 15) is 46.1 Å². The molecule has 60 heavy (non-hydrogen) atoms. The van der Waals surface area contributed by atoms with Gasteiger partial charge in [-0.2, -0.15) is 26.3 Å². The Morgan fingerprint density at radius 2 is 0.967 bits per heavy atom. The molecule has 328 valence electrons. The van der Waals surface area contributed by atoms with Crippen molar-refractivity contribution >= 4 is 47.3 Å². The van der Waals surface area contributed by atoms with Crippen molar-refractivity contribution in [1.29, 1.82) is 0 Å². The van der Waals surface area contributed by atoms with Crippen LogP contribution in [0.5, 0.6) is 0 Å². The van der Waals surface area contributed by atoms with Gasteiger partial charge in [0.05, 0.1) is 24.3 Å². The summed E-state index contributed by atoms with van der Waals surface area (Å²) in [6, 6.07) is 9.96. The molecule has 2 aliphatic carbocycles. The molecule has 5 aliphatic rings. The highest BCUT2D eigenvalue weighted by Gasteiger charge is 2.76. The fourth-order valence-electron chi connectivity index (χ4n) is 10.4. The number of alkyl halides is 6. The fourth-order valence-corrected chi connectivity index (χ4v) is 12.5. The lowest BCUT2D eigenvalue weighted by Gasteiger charge is -2.55. The molecule has 20 heteroatoms. The molecule has 2 saturated carbocycles. The Bertz CT molecular complexity index is 1840. The van der Waals surface area contributed by atoms with Gasteiger partial charge in [0.1, 0.15) is 12.2 Å². The van der Waals surface area contributed by atoms with Gasteiger partial charge < -0.3 is 39.0 Å². The molecule has 3 heterocycles. The molecule has 0 spiro atoms. The number of fused-ring (bicyclic) bond motifs is 6. The molecule has 2 aromatic rings. The summed E-state index contributed by atoms with van der Waals surface area (Å²) in [4.78, 5) is 57.0. The first-order valence-corrected chi connectivity index (χ1v) is 21.6. The predicted octanol–water partition coefficient (Wildman–Crippen LogP) is 4.89. The highest BCUT2D eigenvalue weighted by molar-refractivity contribution is 8.01. The van der Waals surface area contributed by atoms with Crippen LogP contribution in [-0.2, 0) is 49.3 Å². The van der Waals surface area contributed by atoms with Crippen molar-refractivity contribution in [3.05, 3.63) is 71.8 Å². The van der Waals surface area contributed by atoms with Crippen LogP contribution in [0.1, 0.15) is 49.7 Å². The van der Waals surface area contributed by atoms with E-state index in [4.69, 9.17) is 18.9 Å². The highest BCUT2D eigenvalue weighted by atomic mass is 32.2. The molecule has 3 saturated heterocycles. The second kappa shape index (κ2) is 15.7. The van der Waals surface area contributed by atoms with Crippen LogP contribution in [-0.4, -0.2) is 129 Å². The Hall–Kier alpha value is -3.56. The number of carbonyl (C=O) groups is 4. The minimum atomic E-state index is -5.29. The molecule has 2 aromatic carbocycles. The van der Waals surface area contributed by atoms with Gasteiger partial charge in [-0.3, -0.25) is 9.59 Å². The molecule has 0 unspecified atom stereocenters. The molecular weight excluding hydrogens is 847 g/mol. The topological polar surface area (TPSA) is 152 Å². The molecule has 7 rings (SSSR count). The maximum Gasteiger partial charge on any atom is 0.432 e. The van der Waals surface area contributed by atoms with Crippen LogP contribution in [0.2, 0.25) is 0 Å². The van der Waals surface area contributed by atoms with E-state index in [2.05, 4.69) is 0 Å². The zero-order chi connectivity index (χ0) is 43.8. The van der Waals surface area contributed by atoms with E-state index < -0.39 is 117 Å². The van der Waals surface area contributed by atoms with Crippen LogP contribution in [0.3, 0.4) is 0 Å². The van der Waals surface area contributed by atoms with Crippen molar-refractivity contribution < 1.29 is 74.7 Å². The van der Waals surface area contributed by atoms with Crippen LogP contribution < -0.4 is 0 Å². The lowest BCUT2D eigenvalue weighted by Crippen LogP contribution is -2.75. The van der Waals surface area contributed by atoms with Crippen molar-refractivity contribution in [1.82, 2.24) is 9.80 Å². The molecular formula is C40H44F6N2O10S2. The Balaban J connectivity index is 1.23. The maximum atomic E-state index is 15.3. The molecule has 3 aliphatic heterocycles. The average Bonchev–Trinajstić information content (AvgIpc) is 3.77. The standard InChI is InChI=1S/C40H44F6N2O10S2/c1-55-37(39(41,42)43,21-11-7-5-8-12-21)33(53)57-27-17-15-25(49)29-23(27)19-35(59-3)31(51)48-30-24(20-36(48,60-4)32(52)47(29)35)28(18-16-26(30)50)58-34(54)38(56-2,40(44,45)46)22-13-9-6-10-14-22/h5-14,23-30,49-50H,15-20H2,1-4H3/t23-,24-,25+,26+,27+,28+,29+,30+,35-,36-,37-,38-/m1/s1. The minimum Gasteiger partial charge on any atom is -0.459 e. The Kier molecular flexibility index (Phi) is 11.6. The van der Waals surface area contributed by atoms with Gasteiger partial charge in [0, 0.05) is 37.2 Å². The van der Waals surface area contributed by atoms with E-state index in [1.807, 2.05) is 0 Å². The molecule has 0 aromatic heterocycles. The number of halogens is 6. The van der Waals surface area contributed by atoms with Gasteiger partial charge in [0.2, 0.25) is 0 Å². The molecule has 5 fully saturated rings. The number of carbonyl (C=O) groups excluding carboxylic acids is 4. The number of benzene rings is 2. The Labute approximate surface area is 349 Å². The van der Waals surface area contributed by atoms with E-state index in [1.165, 1.54) is 58.7 Å². The second-order valence-electron chi connectivity index (χ2n) is 15.7. The molecule has 0 radical (unpaired) electrons. The van der Waals surface area contributed by atoms with Crippen molar-refractivity contribution in [3.8, 4) is 0 Å². The number of amides is 2. The summed E-state index contributed by atoms with van der Waals surface area (Å²) < 4.78 is 110. The van der Waals surface area contributed by atoms with Crippen molar-refractivity contribution in [2.24, 2.45) is 11.8 Å². The molecule has 2 amide bonds. The third-order valence-electron chi connectivity index (χ3n) is 13.2. The summed E-state index contributed by atoms with van der Waals surface area (Å²) in [5, 5.41) is 23.1. The number of esters is 2. The van der Waals surface area contributed by atoms with Crippen LogP contribution in [0.15, 0.2) is 60.7 Å². The lowest BCUT2D eigenvalue weighted by atomic mass is 9.79.